The molecule has 4 fully saturated rings. The quantitative estimate of drug-likeness (QED) is 0.287. The lowest BCUT2D eigenvalue weighted by atomic mass is 9.48. The second-order valence-electron chi connectivity index (χ2n) is 15.4. The first-order chi connectivity index (χ1) is 23.2. The van der Waals surface area contributed by atoms with E-state index in [1.807, 2.05) is 24.3 Å². The normalized spacial score (nSPS) is 41.4. The van der Waals surface area contributed by atoms with Crippen LogP contribution in [0.2, 0.25) is 0 Å². The minimum atomic E-state index is -1.06. The van der Waals surface area contributed by atoms with E-state index in [4.69, 9.17) is 19.7 Å². The lowest BCUT2D eigenvalue weighted by Crippen LogP contribution is -2.76. The maximum absolute atomic E-state index is 12.7. The highest BCUT2D eigenvalue weighted by atomic mass is 16.5. The molecule has 10 rings (SSSR count). The van der Waals surface area contributed by atoms with Gasteiger partial charge in [-0.05, 0) is 74.6 Å². The first-order valence-electron chi connectivity index (χ1n) is 17.5. The number of hydrogen-bond donors (Lipinski definition) is 4. The van der Waals surface area contributed by atoms with Gasteiger partial charge in [-0.15, -0.1) is 13.2 Å². The lowest BCUT2D eigenvalue weighted by molar-refractivity contribution is -0.164. The fourth-order valence-corrected chi connectivity index (χ4v) is 12.0. The van der Waals surface area contributed by atoms with Crippen molar-refractivity contribution in [3.05, 3.63) is 71.8 Å². The molecule has 4 bridgehead atoms. The van der Waals surface area contributed by atoms with Gasteiger partial charge in [0.25, 0.3) is 0 Å². The van der Waals surface area contributed by atoms with E-state index in [2.05, 4.69) is 23.0 Å². The van der Waals surface area contributed by atoms with E-state index in [0.717, 1.165) is 46.8 Å². The summed E-state index contributed by atoms with van der Waals surface area (Å²) in [6.07, 6.45) is 7.42. The molecule has 8 aliphatic rings. The number of aliphatic hydroxyl groups is 2. The number of phenols is 2. The molecule has 2 aromatic carbocycles. The van der Waals surface area contributed by atoms with E-state index in [1.54, 1.807) is 12.1 Å². The summed E-state index contributed by atoms with van der Waals surface area (Å²) in [6.45, 7) is 10.9. The van der Waals surface area contributed by atoms with Gasteiger partial charge < -0.3 is 29.9 Å². The number of benzene rings is 2. The van der Waals surface area contributed by atoms with Gasteiger partial charge >= 0.3 is 0 Å². The topological polar surface area (TPSA) is 131 Å². The van der Waals surface area contributed by atoms with Crippen LogP contribution in [0.1, 0.15) is 60.8 Å². The number of aromatic hydroxyl groups is 2. The third kappa shape index (κ3) is 3.15. The highest BCUT2D eigenvalue weighted by Crippen LogP contribution is 2.66. The van der Waals surface area contributed by atoms with Crippen LogP contribution >= 0.6 is 0 Å². The van der Waals surface area contributed by atoms with Gasteiger partial charge in [-0.3, -0.25) is 9.80 Å². The van der Waals surface area contributed by atoms with Gasteiger partial charge in [-0.1, -0.05) is 24.3 Å². The molecule has 10 nitrogen and oxygen atoms in total. The van der Waals surface area contributed by atoms with Gasteiger partial charge in [0.1, 0.15) is 0 Å². The predicted octanol–water partition coefficient (Wildman–Crippen LogP) is 3.28. The Labute approximate surface area is 279 Å². The summed E-state index contributed by atoms with van der Waals surface area (Å²) in [5.41, 5.74) is 1.99. The molecule has 4 heterocycles. The van der Waals surface area contributed by atoms with E-state index in [1.165, 1.54) is 0 Å². The molecule has 2 aromatic rings. The van der Waals surface area contributed by atoms with Crippen LogP contribution in [-0.4, -0.2) is 103 Å². The molecule has 0 radical (unpaired) electrons. The van der Waals surface area contributed by atoms with Crippen LogP contribution in [0.3, 0.4) is 0 Å². The van der Waals surface area contributed by atoms with Crippen LogP contribution in [0.5, 0.6) is 23.0 Å². The average molecular weight is 651 g/mol. The summed E-state index contributed by atoms with van der Waals surface area (Å²) in [5.74, 6) is 1.11. The predicted molar refractivity (Wildman–Crippen MR) is 179 cm³/mol. The molecular weight excluding hydrogens is 608 g/mol. The van der Waals surface area contributed by atoms with E-state index < -0.39 is 34.2 Å². The maximum atomic E-state index is 12.7. The molecule has 8 unspecified atom stereocenters. The lowest BCUT2D eigenvalue weighted by Gasteiger charge is -2.63. The van der Waals surface area contributed by atoms with Gasteiger partial charge in [0.2, 0.25) is 0 Å². The molecule has 2 saturated carbocycles. The Morgan fingerprint density at radius 3 is 1.56 bits per heavy atom. The number of hydrogen-bond acceptors (Lipinski definition) is 10. The third-order valence-electron chi connectivity index (χ3n) is 13.8. The molecule has 4 aliphatic heterocycles. The fourth-order valence-electron chi connectivity index (χ4n) is 12.0. The zero-order valence-corrected chi connectivity index (χ0v) is 27.1. The number of phenolic OH excluding ortho intramolecular Hbond substituents is 2. The fraction of sp³-hybridized carbons (Fsp3) is 0.526. The van der Waals surface area contributed by atoms with Crippen molar-refractivity contribution in [1.29, 1.82) is 0 Å². The summed E-state index contributed by atoms with van der Waals surface area (Å²) in [4.78, 5) is 4.68. The van der Waals surface area contributed by atoms with Crippen LogP contribution in [0.25, 0.3) is 0 Å². The highest BCUT2D eigenvalue weighted by molar-refractivity contribution is 5.97. The van der Waals surface area contributed by atoms with Crippen molar-refractivity contribution >= 4 is 11.4 Å². The third-order valence-corrected chi connectivity index (χ3v) is 13.8. The van der Waals surface area contributed by atoms with Gasteiger partial charge in [0.15, 0.2) is 35.2 Å². The molecular formula is C38H42N4O6. The molecule has 4 N–H and O–H groups in total. The first-order valence-corrected chi connectivity index (χ1v) is 17.5. The zero-order chi connectivity index (χ0) is 32.8. The Balaban J connectivity index is 1.08. The molecule has 250 valence electrons. The Kier molecular flexibility index (Phi) is 5.79. The Morgan fingerprint density at radius 2 is 1.15 bits per heavy atom. The van der Waals surface area contributed by atoms with E-state index in [9.17, 15) is 20.4 Å². The molecule has 48 heavy (non-hydrogen) atoms. The van der Waals surface area contributed by atoms with Gasteiger partial charge in [-0.25, -0.2) is 0 Å². The molecule has 2 saturated heterocycles. The summed E-state index contributed by atoms with van der Waals surface area (Å²) >= 11 is 0. The van der Waals surface area contributed by atoms with Gasteiger partial charge in [0.05, 0.1) is 33.5 Å². The SMILES string of the molecule is C=CCN1CCC23c4c5ccc(O)c4OC2/C(=N\N=C2\CCC4(O)C6Cc7ccc(O)c8c7C4(CCN6CC=C)C2O8)CCC3(O)C1C5. The minimum Gasteiger partial charge on any atom is -0.504 e. The van der Waals surface area contributed by atoms with E-state index in [-0.39, 0.29) is 23.6 Å². The summed E-state index contributed by atoms with van der Waals surface area (Å²) < 4.78 is 13.3. The highest BCUT2D eigenvalue weighted by Gasteiger charge is 2.74. The van der Waals surface area contributed by atoms with Crippen molar-refractivity contribution < 1.29 is 29.9 Å². The van der Waals surface area contributed by atoms with Crippen LogP contribution in [0.15, 0.2) is 59.8 Å². The van der Waals surface area contributed by atoms with Gasteiger partial charge in [-0.2, -0.15) is 10.2 Å². The van der Waals surface area contributed by atoms with Crippen molar-refractivity contribution in [1.82, 2.24) is 9.80 Å². The van der Waals surface area contributed by atoms with Crippen molar-refractivity contribution in [3.8, 4) is 23.0 Å². The number of piperidine rings is 2. The zero-order valence-electron chi connectivity index (χ0n) is 27.1. The van der Waals surface area contributed by atoms with Crippen molar-refractivity contribution in [2.24, 2.45) is 10.2 Å². The Hall–Kier alpha value is -3.70. The van der Waals surface area contributed by atoms with Crippen LogP contribution in [0.4, 0.5) is 0 Å². The van der Waals surface area contributed by atoms with E-state index >= 15 is 0 Å². The van der Waals surface area contributed by atoms with E-state index in [0.29, 0.717) is 76.0 Å². The second kappa shape index (κ2) is 9.50. The largest absolute Gasteiger partial charge is 0.504 e. The van der Waals surface area contributed by atoms with Crippen molar-refractivity contribution in [3.63, 3.8) is 0 Å². The number of likely N-dealkylation sites (tertiary alicyclic amines) is 2. The monoisotopic (exact) mass is 650 g/mol. The smallest absolute Gasteiger partial charge is 0.166 e. The number of nitrogens with zero attached hydrogens (tertiary/aromatic N) is 4. The van der Waals surface area contributed by atoms with Crippen molar-refractivity contribution in [2.45, 2.75) is 97.7 Å². The Morgan fingerprint density at radius 1 is 0.708 bits per heavy atom. The molecule has 0 aromatic heterocycles. The summed E-state index contributed by atoms with van der Waals surface area (Å²) in [6, 6.07) is 7.18. The summed E-state index contributed by atoms with van der Waals surface area (Å²) in [5, 5.41) is 57.4. The van der Waals surface area contributed by atoms with Crippen LogP contribution < -0.4 is 9.47 Å². The van der Waals surface area contributed by atoms with Gasteiger partial charge in [0, 0.05) is 49.4 Å². The first kappa shape index (κ1) is 29.2. The van der Waals surface area contributed by atoms with Crippen molar-refractivity contribution in [2.75, 3.05) is 26.2 Å². The Bertz CT molecular complexity index is 1740. The molecule has 8 atom stereocenters. The molecule has 2 spiro atoms. The summed E-state index contributed by atoms with van der Waals surface area (Å²) in [7, 11) is 0. The number of rotatable bonds is 5. The minimum absolute atomic E-state index is 0.0885. The molecule has 10 heteroatoms. The molecule has 4 aliphatic carbocycles. The second-order valence-corrected chi connectivity index (χ2v) is 15.4. The number of ether oxygens (including phenoxy) is 2. The maximum Gasteiger partial charge on any atom is 0.166 e. The molecule has 0 amide bonds. The standard InChI is InChI=1S/C38H42N4O6/c1-3-15-41-17-13-35-29-21-5-7-25(43)31(29)47-33(35)23(9-11-37(35,45)27(41)19-21)39-40-24-10-12-38(46)28-20-22-6-8-26(44)32-30(22)36(38,34(24)48-32)14-18-42(28)16-4-2/h3-8,27-28,33-34,43-46H,1-2,9-20H2/b39-23-,40-24-. The van der Waals surface area contributed by atoms with Crippen LogP contribution in [-0.2, 0) is 23.7 Å². The van der Waals surface area contributed by atoms with Crippen LogP contribution in [0, 0.1) is 0 Å². The average Bonchev–Trinajstić information content (AvgIpc) is 3.61.